The van der Waals surface area contributed by atoms with Crippen LogP contribution in [0.4, 0.5) is 5.69 Å². The summed E-state index contributed by atoms with van der Waals surface area (Å²) in [6, 6.07) is 15.1. The summed E-state index contributed by atoms with van der Waals surface area (Å²) in [6.45, 7) is 0. The van der Waals surface area contributed by atoms with E-state index in [0.717, 1.165) is 11.1 Å². The summed E-state index contributed by atoms with van der Waals surface area (Å²) < 4.78 is 0. The lowest BCUT2D eigenvalue weighted by molar-refractivity contribution is 0.478. The van der Waals surface area contributed by atoms with E-state index >= 15 is 0 Å². The molecular weight excluding hydrogens is 174 g/mol. The predicted octanol–water partition coefficient (Wildman–Crippen LogP) is 2.64. The number of rotatable bonds is 1. The second kappa shape index (κ2) is 3.42. The van der Waals surface area contributed by atoms with Gasteiger partial charge in [-0.05, 0) is 23.3 Å². The Morgan fingerprint density at radius 3 is 2.21 bits per heavy atom. The summed E-state index contributed by atoms with van der Waals surface area (Å²) in [5, 5.41) is 9.44. The lowest BCUT2D eigenvalue weighted by atomic mass is 10.1. The molecule has 2 aromatic carbocycles. The van der Waals surface area contributed by atoms with Crippen molar-refractivity contribution < 1.29 is 5.11 Å². The van der Waals surface area contributed by atoms with E-state index in [1.54, 1.807) is 12.1 Å². The van der Waals surface area contributed by atoms with Crippen molar-refractivity contribution in [2.45, 2.75) is 0 Å². The normalized spacial score (nSPS) is 10.0. The highest BCUT2D eigenvalue weighted by Gasteiger charge is 2.00. The van der Waals surface area contributed by atoms with Crippen LogP contribution in [0.1, 0.15) is 0 Å². The van der Waals surface area contributed by atoms with E-state index < -0.39 is 0 Å². The summed E-state index contributed by atoms with van der Waals surface area (Å²) >= 11 is 0. The lowest BCUT2D eigenvalue weighted by Crippen LogP contribution is -1.85. The number of phenols is 1. The van der Waals surface area contributed by atoms with E-state index in [2.05, 4.69) is 0 Å². The molecule has 0 saturated carbocycles. The van der Waals surface area contributed by atoms with Gasteiger partial charge in [0.05, 0.1) is 5.69 Å². The fourth-order valence-corrected chi connectivity index (χ4v) is 1.35. The van der Waals surface area contributed by atoms with Crippen LogP contribution >= 0.6 is 0 Å². The molecule has 0 unspecified atom stereocenters. The lowest BCUT2D eigenvalue weighted by Gasteiger charge is -2.03. The summed E-state index contributed by atoms with van der Waals surface area (Å²) in [5.41, 5.74) is 7.97. The fraction of sp³-hybridized carbons (Fsp3) is 0. The summed E-state index contributed by atoms with van der Waals surface area (Å²) in [5.74, 6) is 0.131. The molecular formula is C12H11NO. The van der Waals surface area contributed by atoms with Crippen LogP contribution in [0, 0.1) is 0 Å². The van der Waals surface area contributed by atoms with Gasteiger partial charge in [0.2, 0.25) is 0 Å². The van der Waals surface area contributed by atoms with E-state index in [9.17, 15) is 5.11 Å². The van der Waals surface area contributed by atoms with Crippen LogP contribution in [-0.4, -0.2) is 5.11 Å². The zero-order valence-corrected chi connectivity index (χ0v) is 7.64. The van der Waals surface area contributed by atoms with Gasteiger partial charge in [-0.15, -0.1) is 0 Å². The molecule has 0 fully saturated rings. The zero-order valence-electron chi connectivity index (χ0n) is 7.64. The predicted molar refractivity (Wildman–Crippen MR) is 58.0 cm³/mol. The minimum atomic E-state index is 0.131. The molecule has 0 radical (unpaired) electrons. The Labute approximate surface area is 82.6 Å². The number of nitrogens with two attached hydrogens (primary N) is 1. The number of benzene rings is 2. The minimum Gasteiger partial charge on any atom is -0.506 e. The highest BCUT2D eigenvalue weighted by molar-refractivity contribution is 5.69. The minimum absolute atomic E-state index is 0.131. The number of hydrogen-bond donors (Lipinski definition) is 2. The Balaban J connectivity index is 2.48. The topological polar surface area (TPSA) is 46.2 Å². The Morgan fingerprint density at radius 1 is 0.857 bits per heavy atom. The monoisotopic (exact) mass is 185 g/mol. The van der Waals surface area contributed by atoms with E-state index in [1.807, 2.05) is 36.4 Å². The molecule has 0 bridgehead atoms. The van der Waals surface area contributed by atoms with Gasteiger partial charge in [-0.2, -0.15) is 0 Å². The van der Waals surface area contributed by atoms with Crippen LogP contribution < -0.4 is 5.73 Å². The van der Waals surface area contributed by atoms with Crippen LogP contribution in [0.25, 0.3) is 11.1 Å². The van der Waals surface area contributed by atoms with Crippen molar-refractivity contribution in [3.63, 3.8) is 0 Å². The van der Waals surface area contributed by atoms with E-state index in [-0.39, 0.29) is 5.75 Å². The molecule has 2 nitrogen and oxygen atoms in total. The van der Waals surface area contributed by atoms with Crippen molar-refractivity contribution in [3.8, 4) is 16.9 Å². The standard InChI is InChI=1S/C12H11NO/c13-11-7-6-10(8-12(11)14)9-4-2-1-3-5-9/h1-8,14H,13H2. The average Bonchev–Trinajstić information content (AvgIpc) is 2.23. The molecule has 70 valence electrons. The average molecular weight is 185 g/mol. The third kappa shape index (κ3) is 1.55. The smallest absolute Gasteiger partial charge is 0.139 e. The van der Waals surface area contributed by atoms with Crippen molar-refractivity contribution >= 4 is 5.69 Å². The maximum Gasteiger partial charge on any atom is 0.139 e. The van der Waals surface area contributed by atoms with Crippen LogP contribution in [0.3, 0.4) is 0 Å². The first kappa shape index (κ1) is 8.63. The molecule has 0 heterocycles. The molecule has 2 heteroatoms. The Morgan fingerprint density at radius 2 is 1.57 bits per heavy atom. The molecule has 0 amide bonds. The van der Waals surface area contributed by atoms with Crippen LogP contribution in [0.15, 0.2) is 48.5 Å². The number of nitrogen functional groups attached to an aromatic ring is 1. The van der Waals surface area contributed by atoms with Gasteiger partial charge in [0, 0.05) is 0 Å². The van der Waals surface area contributed by atoms with Crippen molar-refractivity contribution in [2.24, 2.45) is 0 Å². The number of anilines is 1. The molecule has 0 aliphatic heterocycles. The van der Waals surface area contributed by atoms with Crippen molar-refractivity contribution in [1.82, 2.24) is 0 Å². The fourth-order valence-electron chi connectivity index (χ4n) is 1.35. The zero-order chi connectivity index (χ0) is 9.97. The summed E-state index contributed by atoms with van der Waals surface area (Å²) in [7, 11) is 0. The van der Waals surface area contributed by atoms with Crippen LogP contribution in [-0.2, 0) is 0 Å². The molecule has 0 atom stereocenters. The molecule has 2 rings (SSSR count). The van der Waals surface area contributed by atoms with E-state index in [1.165, 1.54) is 0 Å². The van der Waals surface area contributed by atoms with Gasteiger partial charge in [-0.25, -0.2) is 0 Å². The van der Waals surface area contributed by atoms with E-state index in [4.69, 9.17) is 5.73 Å². The first-order chi connectivity index (χ1) is 6.77. The highest BCUT2D eigenvalue weighted by atomic mass is 16.3. The number of hydrogen-bond acceptors (Lipinski definition) is 2. The molecule has 0 aromatic heterocycles. The summed E-state index contributed by atoms with van der Waals surface area (Å²) in [4.78, 5) is 0. The molecule has 0 spiro atoms. The molecule has 0 aliphatic rings. The summed E-state index contributed by atoms with van der Waals surface area (Å²) in [6.07, 6.45) is 0. The van der Waals surface area contributed by atoms with Gasteiger partial charge in [-0.1, -0.05) is 36.4 Å². The molecule has 0 saturated heterocycles. The number of aromatic hydroxyl groups is 1. The van der Waals surface area contributed by atoms with E-state index in [0.29, 0.717) is 5.69 Å². The molecule has 2 aromatic rings. The maximum atomic E-state index is 9.44. The van der Waals surface area contributed by atoms with Gasteiger partial charge in [-0.3, -0.25) is 0 Å². The van der Waals surface area contributed by atoms with Crippen molar-refractivity contribution in [3.05, 3.63) is 48.5 Å². The molecule has 14 heavy (non-hydrogen) atoms. The largest absolute Gasteiger partial charge is 0.506 e. The van der Waals surface area contributed by atoms with Crippen molar-refractivity contribution in [2.75, 3.05) is 5.73 Å². The third-order valence-corrected chi connectivity index (χ3v) is 2.14. The Bertz CT molecular complexity index is 437. The quantitative estimate of drug-likeness (QED) is 0.530. The SMILES string of the molecule is Nc1ccc(-c2ccccc2)cc1O. The van der Waals surface area contributed by atoms with Crippen LogP contribution in [0.2, 0.25) is 0 Å². The van der Waals surface area contributed by atoms with Gasteiger partial charge < -0.3 is 10.8 Å². The third-order valence-electron chi connectivity index (χ3n) is 2.14. The van der Waals surface area contributed by atoms with Crippen LogP contribution in [0.5, 0.6) is 5.75 Å². The van der Waals surface area contributed by atoms with Gasteiger partial charge >= 0.3 is 0 Å². The van der Waals surface area contributed by atoms with Gasteiger partial charge in [0.15, 0.2) is 0 Å². The molecule has 3 N–H and O–H groups in total. The second-order valence-electron chi connectivity index (χ2n) is 3.14. The maximum absolute atomic E-state index is 9.44. The van der Waals surface area contributed by atoms with Gasteiger partial charge in [0.1, 0.15) is 5.75 Å². The number of phenolic OH excluding ortho intramolecular Hbond substituents is 1. The van der Waals surface area contributed by atoms with Gasteiger partial charge in [0.25, 0.3) is 0 Å². The Kier molecular flexibility index (Phi) is 2.11. The Hall–Kier alpha value is -1.96. The first-order valence-electron chi connectivity index (χ1n) is 4.41. The second-order valence-corrected chi connectivity index (χ2v) is 3.14. The molecule has 0 aliphatic carbocycles. The first-order valence-corrected chi connectivity index (χ1v) is 4.41. The highest BCUT2D eigenvalue weighted by Crippen LogP contribution is 2.27. The van der Waals surface area contributed by atoms with Crippen molar-refractivity contribution in [1.29, 1.82) is 0 Å².